The first kappa shape index (κ1) is 15.5. The van der Waals surface area contributed by atoms with Gasteiger partial charge in [-0.25, -0.2) is 8.78 Å². The highest BCUT2D eigenvalue weighted by Crippen LogP contribution is 2.22. The Hall–Kier alpha value is -1.85. The zero-order chi connectivity index (χ0) is 15.4. The van der Waals surface area contributed by atoms with Gasteiger partial charge in [0, 0.05) is 21.8 Å². The molecule has 1 amide bonds. The number of benzene rings is 2. The highest BCUT2D eigenvalue weighted by Gasteiger charge is 2.09. The van der Waals surface area contributed by atoms with Crippen LogP contribution in [-0.4, -0.2) is 12.5 Å². The number of hydrogen-bond acceptors (Lipinski definition) is 2. The molecule has 0 aliphatic carbocycles. The smallest absolute Gasteiger partial charge is 0.262 e. The van der Waals surface area contributed by atoms with Crippen molar-refractivity contribution in [3.05, 3.63) is 58.1 Å². The van der Waals surface area contributed by atoms with Crippen molar-refractivity contribution in [1.29, 1.82) is 0 Å². The van der Waals surface area contributed by atoms with E-state index in [0.29, 0.717) is 21.8 Å². The maximum absolute atomic E-state index is 13.3. The Bertz CT molecular complexity index is 660. The molecule has 0 bridgehead atoms. The standard InChI is InChI=1S/C14H9Cl2F2NO2/c15-8-3-9(16)5-11(4-8)19-14(20)7-21-13-2-1-10(17)6-12(13)18/h1-6H,7H2,(H,19,20). The van der Waals surface area contributed by atoms with E-state index in [1.165, 1.54) is 18.2 Å². The molecule has 0 aliphatic heterocycles. The number of anilines is 1. The lowest BCUT2D eigenvalue weighted by Gasteiger charge is -2.09. The van der Waals surface area contributed by atoms with Gasteiger partial charge in [0.25, 0.3) is 5.91 Å². The predicted molar refractivity (Wildman–Crippen MR) is 76.9 cm³/mol. The van der Waals surface area contributed by atoms with Crippen LogP contribution in [0.1, 0.15) is 0 Å². The van der Waals surface area contributed by atoms with Crippen LogP contribution in [0.3, 0.4) is 0 Å². The third-order valence-electron chi connectivity index (χ3n) is 2.40. The molecule has 2 aromatic carbocycles. The molecule has 0 atom stereocenters. The summed E-state index contributed by atoms with van der Waals surface area (Å²) in [6.07, 6.45) is 0. The molecule has 0 spiro atoms. The number of carbonyl (C=O) groups excluding carboxylic acids is 1. The first-order valence-electron chi connectivity index (χ1n) is 5.78. The van der Waals surface area contributed by atoms with E-state index in [0.717, 1.165) is 12.1 Å². The minimum atomic E-state index is -0.881. The van der Waals surface area contributed by atoms with E-state index >= 15 is 0 Å². The minimum absolute atomic E-state index is 0.212. The number of nitrogens with one attached hydrogen (secondary N) is 1. The van der Waals surface area contributed by atoms with Crippen molar-refractivity contribution in [2.45, 2.75) is 0 Å². The molecule has 2 aromatic rings. The largest absolute Gasteiger partial charge is 0.481 e. The lowest BCUT2D eigenvalue weighted by atomic mass is 10.3. The van der Waals surface area contributed by atoms with Crippen LogP contribution in [0.4, 0.5) is 14.5 Å². The molecule has 0 heterocycles. The Labute approximate surface area is 129 Å². The average molecular weight is 332 g/mol. The van der Waals surface area contributed by atoms with E-state index in [-0.39, 0.29) is 5.75 Å². The molecule has 0 saturated heterocycles. The van der Waals surface area contributed by atoms with Crippen LogP contribution in [-0.2, 0) is 4.79 Å². The molecule has 1 N–H and O–H groups in total. The maximum Gasteiger partial charge on any atom is 0.262 e. The third-order valence-corrected chi connectivity index (χ3v) is 2.84. The molecule has 110 valence electrons. The average Bonchev–Trinajstić information content (AvgIpc) is 2.36. The van der Waals surface area contributed by atoms with E-state index in [9.17, 15) is 13.6 Å². The van der Waals surface area contributed by atoms with Gasteiger partial charge in [-0.15, -0.1) is 0 Å². The van der Waals surface area contributed by atoms with Gasteiger partial charge in [-0.1, -0.05) is 23.2 Å². The fourth-order valence-electron chi connectivity index (χ4n) is 1.56. The minimum Gasteiger partial charge on any atom is -0.481 e. The molecular weight excluding hydrogens is 323 g/mol. The molecule has 0 radical (unpaired) electrons. The van der Waals surface area contributed by atoms with E-state index < -0.39 is 24.1 Å². The summed E-state index contributed by atoms with van der Waals surface area (Å²) in [6.45, 7) is -0.438. The van der Waals surface area contributed by atoms with Crippen molar-refractivity contribution in [1.82, 2.24) is 0 Å². The summed E-state index contributed by atoms with van der Waals surface area (Å²) in [7, 11) is 0. The van der Waals surface area contributed by atoms with E-state index in [4.69, 9.17) is 27.9 Å². The summed E-state index contributed by atoms with van der Waals surface area (Å²) in [4.78, 5) is 11.7. The summed E-state index contributed by atoms with van der Waals surface area (Å²) in [5.41, 5.74) is 0.390. The summed E-state index contributed by atoms with van der Waals surface area (Å²) in [5, 5.41) is 3.22. The number of hydrogen-bond donors (Lipinski definition) is 1. The number of carbonyl (C=O) groups is 1. The van der Waals surface area contributed by atoms with Gasteiger partial charge in [0.05, 0.1) is 0 Å². The predicted octanol–water partition coefficient (Wildman–Crippen LogP) is 4.29. The number of rotatable bonds is 4. The Morgan fingerprint density at radius 2 is 1.76 bits per heavy atom. The van der Waals surface area contributed by atoms with Gasteiger partial charge in [0.2, 0.25) is 0 Å². The molecule has 3 nitrogen and oxygen atoms in total. The van der Waals surface area contributed by atoms with Gasteiger partial charge in [-0.3, -0.25) is 4.79 Å². The van der Waals surface area contributed by atoms with E-state index in [1.54, 1.807) is 0 Å². The molecule has 0 aliphatic rings. The fourth-order valence-corrected chi connectivity index (χ4v) is 2.08. The lowest BCUT2D eigenvalue weighted by Crippen LogP contribution is -2.20. The van der Waals surface area contributed by atoms with Crippen molar-refractivity contribution in [3.63, 3.8) is 0 Å². The first-order valence-corrected chi connectivity index (χ1v) is 6.53. The SMILES string of the molecule is O=C(COc1ccc(F)cc1F)Nc1cc(Cl)cc(Cl)c1. The lowest BCUT2D eigenvalue weighted by molar-refractivity contribution is -0.118. The summed E-state index contributed by atoms with van der Waals surface area (Å²) >= 11 is 11.6. The van der Waals surface area contributed by atoms with Crippen LogP contribution in [0.5, 0.6) is 5.75 Å². The van der Waals surface area contributed by atoms with Crippen molar-refractivity contribution in [2.24, 2.45) is 0 Å². The molecule has 7 heteroatoms. The van der Waals surface area contributed by atoms with Crippen LogP contribution < -0.4 is 10.1 Å². The summed E-state index contributed by atoms with van der Waals surface area (Å²) < 4.78 is 31.0. The molecule has 0 saturated carbocycles. The zero-order valence-electron chi connectivity index (χ0n) is 10.5. The van der Waals surface area contributed by atoms with E-state index in [1.807, 2.05) is 0 Å². The van der Waals surface area contributed by atoms with Crippen LogP contribution >= 0.6 is 23.2 Å². The molecule has 0 unspecified atom stereocenters. The Morgan fingerprint density at radius 3 is 2.38 bits per heavy atom. The summed E-state index contributed by atoms with van der Waals surface area (Å²) in [5.74, 6) is -2.35. The van der Waals surface area contributed by atoms with Gasteiger partial charge in [0.1, 0.15) is 5.82 Å². The van der Waals surface area contributed by atoms with Crippen LogP contribution in [0.15, 0.2) is 36.4 Å². The third kappa shape index (κ3) is 4.58. The second-order valence-corrected chi connectivity index (χ2v) is 4.94. The molecule has 0 fully saturated rings. The topological polar surface area (TPSA) is 38.3 Å². The number of ether oxygens (including phenoxy) is 1. The quantitative estimate of drug-likeness (QED) is 0.907. The molecular formula is C14H9Cl2F2NO2. The van der Waals surface area contributed by atoms with Crippen LogP contribution in [0.25, 0.3) is 0 Å². The van der Waals surface area contributed by atoms with E-state index in [2.05, 4.69) is 5.32 Å². The second kappa shape index (κ2) is 6.74. The van der Waals surface area contributed by atoms with Crippen LogP contribution in [0.2, 0.25) is 10.0 Å². The Balaban J connectivity index is 1.95. The summed E-state index contributed by atoms with van der Waals surface area (Å²) in [6, 6.07) is 7.34. The zero-order valence-corrected chi connectivity index (χ0v) is 12.0. The monoisotopic (exact) mass is 331 g/mol. The van der Waals surface area contributed by atoms with Crippen molar-refractivity contribution >= 4 is 34.8 Å². The normalized spacial score (nSPS) is 10.3. The molecule has 21 heavy (non-hydrogen) atoms. The van der Waals surface area contributed by atoms with Crippen molar-refractivity contribution in [2.75, 3.05) is 11.9 Å². The van der Waals surface area contributed by atoms with Crippen molar-refractivity contribution < 1.29 is 18.3 Å². The molecule has 0 aromatic heterocycles. The van der Waals surface area contributed by atoms with Gasteiger partial charge in [0.15, 0.2) is 18.2 Å². The maximum atomic E-state index is 13.3. The van der Waals surface area contributed by atoms with Crippen molar-refractivity contribution in [3.8, 4) is 5.75 Å². The Kier molecular flexibility index (Phi) is 4.98. The number of amides is 1. The fraction of sp³-hybridized carbons (Fsp3) is 0.0714. The van der Waals surface area contributed by atoms with Gasteiger partial charge in [-0.2, -0.15) is 0 Å². The van der Waals surface area contributed by atoms with Gasteiger partial charge in [-0.05, 0) is 30.3 Å². The van der Waals surface area contributed by atoms with Gasteiger partial charge >= 0.3 is 0 Å². The van der Waals surface area contributed by atoms with Gasteiger partial charge < -0.3 is 10.1 Å². The second-order valence-electron chi connectivity index (χ2n) is 4.07. The first-order chi connectivity index (χ1) is 9.94. The highest BCUT2D eigenvalue weighted by atomic mass is 35.5. The Morgan fingerprint density at radius 1 is 1.10 bits per heavy atom. The highest BCUT2D eigenvalue weighted by molar-refractivity contribution is 6.35. The van der Waals surface area contributed by atoms with Crippen LogP contribution in [0, 0.1) is 11.6 Å². The molecule has 2 rings (SSSR count). The number of halogens is 4.